The van der Waals surface area contributed by atoms with Gasteiger partial charge in [0.1, 0.15) is 0 Å². The third kappa shape index (κ3) is 1.27. The lowest BCUT2D eigenvalue weighted by atomic mass is 10.2. The molecule has 0 spiro atoms. The Balaban J connectivity index is 2.91. The molecule has 0 amide bonds. The first kappa shape index (κ1) is 8.52. The first-order valence-electron chi connectivity index (χ1n) is 4.21. The number of hydrogen-bond donors (Lipinski definition) is 0. The summed E-state index contributed by atoms with van der Waals surface area (Å²) in [4.78, 5) is 14.8. The van der Waals surface area contributed by atoms with Gasteiger partial charge < -0.3 is 0 Å². The van der Waals surface area contributed by atoms with Crippen LogP contribution in [0.15, 0.2) is 35.3 Å². The molecule has 2 rings (SSSR count). The van der Waals surface area contributed by atoms with E-state index in [1.54, 1.807) is 24.4 Å². The summed E-state index contributed by atoms with van der Waals surface area (Å²) in [5.74, 6) is 0. The maximum atomic E-state index is 11.5. The van der Waals surface area contributed by atoms with E-state index < -0.39 is 0 Å². The van der Waals surface area contributed by atoms with Crippen LogP contribution in [0.4, 0.5) is 5.69 Å². The maximum Gasteiger partial charge on any atom is 0.254 e. The minimum absolute atomic E-state index is 0.0921. The van der Waals surface area contributed by atoms with E-state index in [0.717, 1.165) is 11.1 Å². The highest BCUT2D eigenvalue weighted by atomic mass is 16.1. The Hall–Kier alpha value is -2.08. The molecule has 3 nitrogen and oxygen atoms in total. The maximum absolute atomic E-state index is 11.5. The van der Waals surface area contributed by atoms with Crippen molar-refractivity contribution in [1.29, 1.82) is 0 Å². The summed E-state index contributed by atoms with van der Waals surface area (Å²) in [6.45, 7) is 8.72. The Labute approximate surface area is 81.1 Å². The molecule has 3 heteroatoms. The third-order valence-corrected chi connectivity index (χ3v) is 2.06. The zero-order valence-corrected chi connectivity index (χ0v) is 7.69. The first-order valence-corrected chi connectivity index (χ1v) is 4.21. The number of aromatic nitrogens is 1. The van der Waals surface area contributed by atoms with Crippen LogP contribution in [0.2, 0.25) is 0 Å². The Kier molecular flexibility index (Phi) is 1.83. The number of fused-ring (bicyclic) bond motifs is 1. The number of rotatable bonds is 0. The van der Waals surface area contributed by atoms with Gasteiger partial charge in [-0.25, -0.2) is 4.85 Å². The van der Waals surface area contributed by atoms with E-state index in [0.29, 0.717) is 5.69 Å². The lowest BCUT2D eigenvalue weighted by Crippen LogP contribution is -2.11. The molecule has 14 heavy (non-hydrogen) atoms. The Morgan fingerprint density at radius 1 is 1.36 bits per heavy atom. The predicted octanol–water partition coefficient (Wildman–Crippen LogP) is 2.16. The molecule has 2 aromatic rings. The Bertz CT molecular complexity index is 590. The van der Waals surface area contributed by atoms with Crippen molar-refractivity contribution < 1.29 is 0 Å². The van der Waals surface area contributed by atoms with Crippen LogP contribution >= 0.6 is 0 Å². The van der Waals surface area contributed by atoms with E-state index in [4.69, 9.17) is 6.57 Å². The van der Waals surface area contributed by atoms with Gasteiger partial charge in [-0.3, -0.25) is 9.20 Å². The minimum Gasteiger partial charge on any atom is -0.295 e. The second-order valence-electron chi connectivity index (χ2n) is 3.16. The van der Waals surface area contributed by atoms with E-state index in [9.17, 15) is 4.79 Å². The normalized spacial score (nSPS) is 10.0. The van der Waals surface area contributed by atoms with Crippen LogP contribution in [0.1, 0.15) is 5.56 Å². The molecule has 68 valence electrons. The molecule has 0 aliphatic carbocycles. The van der Waals surface area contributed by atoms with Crippen LogP contribution in [-0.4, -0.2) is 4.40 Å². The molecular weight excluding hydrogens is 176 g/mol. The topological polar surface area (TPSA) is 25.8 Å². The Morgan fingerprint density at radius 3 is 2.86 bits per heavy atom. The lowest BCUT2D eigenvalue weighted by Gasteiger charge is -2.01. The molecule has 0 bridgehead atoms. The van der Waals surface area contributed by atoms with Crippen molar-refractivity contribution in [2.45, 2.75) is 6.92 Å². The van der Waals surface area contributed by atoms with Crippen LogP contribution in [0, 0.1) is 13.5 Å². The molecule has 0 saturated heterocycles. The zero-order chi connectivity index (χ0) is 10.1. The molecule has 0 unspecified atom stereocenters. The van der Waals surface area contributed by atoms with E-state index in [1.807, 2.05) is 13.0 Å². The fraction of sp³-hybridized carbons (Fsp3) is 0.0909. The van der Waals surface area contributed by atoms with E-state index in [-0.39, 0.29) is 5.56 Å². The van der Waals surface area contributed by atoms with Crippen molar-refractivity contribution in [2.24, 2.45) is 0 Å². The second kappa shape index (κ2) is 3.00. The van der Waals surface area contributed by atoms with Crippen molar-refractivity contribution in [3.8, 4) is 0 Å². The van der Waals surface area contributed by atoms with Gasteiger partial charge in [0.15, 0.2) is 0 Å². The van der Waals surface area contributed by atoms with Crippen LogP contribution in [-0.2, 0) is 0 Å². The molecule has 0 N–H and O–H groups in total. The SMILES string of the molecule is [C-]#[N+]c1ccc2cc(C)cc(=O)n2c1. The summed E-state index contributed by atoms with van der Waals surface area (Å²) in [5.41, 5.74) is 2.14. The van der Waals surface area contributed by atoms with Crippen molar-refractivity contribution in [2.75, 3.05) is 0 Å². The largest absolute Gasteiger partial charge is 0.295 e. The van der Waals surface area contributed by atoms with Crippen molar-refractivity contribution >= 4 is 11.2 Å². The van der Waals surface area contributed by atoms with Gasteiger partial charge >= 0.3 is 0 Å². The van der Waals surface area contributed by atoms with Gasteiger partial charge in [-0.15, -0.1) is 0 Å². The number of aryl methyl sites for hydroxylation is 1. The fourth-order valence-corrected chi connectivity index (χ4v) is 1.41. The highest BCUT2D eigenvalue weighted by Crippen LogP contribution is 2.12. The van der Waals surface area contributed by atoms with Gasteiger partial charge in [0.2, 0.25) is 5.69 Å². The Morgan fingerprint density at radius 2 is 2.14 bits per heavy atom. The molecular formula is C11H8N2O. The molecule has 0 radical (unpaired) electrons. The monoisotopic (exact) mass is 184 g/mol. The van der Waals surface area contributed by atoms with Crippen molar-refractivity contribution in [3.05, 3.63) is 57.8 Å². The summed E-state index contributed by atoms with van der Waals surface area (Å²) in [7, 11) is 0. The summed E-state index contributed by atoms with van der Waals surface area (Å²) in [6, 6.07) is 6.96. The van der Waals surface area contributed by atoms with Gasteiger partial charge in [-0.1, -0.05) is 6.07 Å². The average Bonchev–Trinajstić information content (AvgIpc) is 2.17. The van der Waals surface area contributed by atoms with Gasteiger partial charge in [-0.05, 0) is 24.6 Å². The van der Waals surface area contributed by atoms with Gasteiger partial charge in [0.25, 0.3) is 5.56 Å². The third-order valence-electron chi connectivity index (χ3n) is 2.06. The van der Waals surface area contributed by atoms with Crippen LogP contribution in [0.5, 0.6) is 0 Å². The van der Waals surface area contributed by atoms with Gasteiger partial charge in [0.05, 0.1) is 6.57 Å². The van der Waals surface area contributed by atoms with E-state index in [2.05, 4.69) is 4.85 Å². The predicted molar refractivity (Wildman–Crippen MR) is 54.7 cm³/mol. The van der Waals surface area contributed by atoms with E-state index in [1.165, 1.54) is 4.40 Å². The standard InChI is InChI=1S/C11H8N2O/c1-8-5-10-4-3-9(12-2)7-13(10)11(14)6-8/h3-7H,1H3. The first-order chi connectivity index (χ1) is 6.70. The summed E-state index contributed by atoms with van der Waals surface area (Å²) in [5, 5.41) is 0. The van der Waals surface area contributed by atoms with Gasteiger partial charge in [-0.2, -0.15) is 0 Å². The fourth-order valence-electron chi connectivity index (χ4n) is 1.41. The zero-order valence-electron chi connectivity index (χ0n) is 7.69. The molecule has 0 aliphatic rings. The molecule has 0 aromatic carbocycles. The summed E-state index contributed by atoms with van der Waals surface area (Å²) >= 11 is 0. The number of pyridine rings is 2. The average molecular weight is 184 g/mol. The van der Waals surface area contributed by atoms with Crippen LogP contribution in [0.25, 0.3) is 10.4 Å². The smallest absolute Gasteiger partial charge is 0.254 e. The number of nitrogens with zero attached hydrogens (tertiary/aromatic N) is 2. The highest BCUT2D eigenvalue weighted by Gasteiger charge is 1.98. The summed E-state index contributed by atoms with van der Waals surface area (Å²) < 4.78 is 1.49. The highest BCUT2D eigenvalue weighted by molar-refractivity contribution is 5.55. The lowest BCUT2D eigenvalue weighted by molar-refractivity contribution is 1.09. The second-order valence-corrected chi connectivity index (χ2v) is 3.16. The van der Waals surface area contributed by atoms with Crippen LogP contribution in [0.3, 0.4) is 0 Å². The number of hydrogen-bond acceptors (Lipinski definition) is 1. The van der Waals surface area contributed by atoms with Crippen molar-refractivity contribution in [3.63, 3.8) is 0 Å². The minimum atomic E-state index is -0.0921. The van der Waals surface area contributed by atoms with Crippen LogP contribution < -0.4 is 5.56 Å². The molecule has 0 aliphatic heterocycles. The van der Waals surface area contributed by atoms with Crippen molar-refractivity contribution in [1.82, 2.24) is 4.40 Å². The summed E-state index contributed by atoms with van der Waals surface area (Å²) in [6.07, 6.45) is 1.56. The molecule has 0 atom stereocenters. The van der Waals surface area contributed by atoms with E-state index >= 15 is 0 Å². The van der Waals surface area contributed by atoms with Gasteiger partial charge in [0, 0.05) is 17.8 Å². The molecule has 2 aromatic heterocycles. The molecule has 2 heterocycles. The molecule has 0 fully saturated rings. The quantitative estimate of drug-likeness (QED) is 0.576. The molecule has 0 saturated carbocycles.